The number of fused-ring (bicyclic) bond motifs is 1. The molecule has 1 aliphatic heterocycles. The SMILES string of the molecule is CCCCN1C(=O)C2CC2(c2ccc([N+](=O)[O-])cc2)C1=O. The number of non-ortho nitro benzene ring substituents is 1. The summed E-state index contributed by atoms with van der Waals surface area (Å²) in [6.07, 6.45) is 2.26. The van der Waals surface area contributed by atoms with Crippen molar-refractivity contribution in [3.05, 3.63) is 39.9 Å². The van der Waals surface area contributed by atoms with Crippen LogP contribution >= 0.6 is 0 Å². The average molecular weight is 288 g/mol. The van der Waals surface area contributed by atoms with Gasteiger partial charge in [-0.05, 0) is 18.4 Å². The highest BCUT2D eigenvalue weighted by Gasteiger charge is 2.72. The molecule has 21 heavy (non-hydrogen) atoms. The van der Waals surface area contributed by atoms with Crippen LogP contribution in [0.2, 0.25) is 0 Å². The molecule has 1 saturated heterocycles. The lowest BCUT2D eigenvalue weighted by Gasteiger charge is -2.19. The predicted octanol–water partition coefficient (Wildman–Crippen LogP) is 2.02. The summed E-state index contributed by atoms with van der Waals surface area (Å²) in [5.74, 6) is -0.505. The van der Waals surface area contributed by atoms with Gasteiger partial charge in [-0.1, -0.05) is 25.5 Å². The molecule has 1 aromatic rings. The van der Waals surface area contributed by atoms with Crippen LogP contribution in [0, 0.1) is 16.0 Å². The number of hydrogen-bond acceptors (Lipinski definition) is 4. The van der Waals surface area contributed by atoms with E-state index in [4.69, 9.17) is 0 Å². The molecule has 2 atom stereocenters. The zero-order chi connectivity index (χ0) is 15.2. The molecule has 0 spiro atoms. The van der Waals surface area contributed by atoms with Crippen molar-refractivity contribution in [2.24, 2.45) is 5.92 Å². The van der Waals surface area contributed by atoms with E-state index in [9.17, 15) is 19.7 Å². The van der Waals surface area contributed by atoms with Crippen LogP contribution in [0.15, 0.2) is 24.3 Å². The lowest BCUT2D eigenvalue weighted by atomic mass is 9.94. The van der Waals surface area contributed by atoms with Gasteiger partial charge in [0, 0.05) is 18.7 Å². The Balaban J connectivity index is 1.88. The molecule has 110 valence electrons. The maximum atomic E-state index is 12.6. The first kappa shape index (κ1) is 13.7. The fourth-order valence-corrected chi connectivity index (χ4v) is 3.18. The van der Waals surface area contributed by atoms with E-state index in [1.165, 1.54) is 17.0 Å². The fraction of sp³-hybridized carbons (Fsp3) is 0.467. The molecule has 0 aromatic heterocycles. The first-order valence-corrected chi connectivity index (χ1v) is 7.13. The number of hydrogen-bond donors (Lipinski definition) is 0. The van der Waals surface area contributed by atoms with E-state index < -0.39 is 10.3 Å². The zero-order valence-corrected chi connectivity index (χ0v) is 11.7. The van der Waals surface area contributed by atoms with E-state index in [2.05, 4.69) is 0 Å². The number of nitro benzene ring substituents is 1. The number of benzene rings is 1. The lowest BCUT2D eigenvalue weighted by Crippen LogP contribution is -2.37. The second kappa shape index (κ2) is 4.65. The quantitative estimate of drug-likeness (QED) is 0.471. The monoisotopic (exact) mass is 288 g/mol. The Labute approximate surface area is 121 Å². The minimum atomic E-state index is -0.750. The zero-order valence-electron chi connectivity index (χ0n) is 11.7. The van der Waals surface area contributed by atoms with Crippen molar-refractivity contribution in [3.63, 3.8) is 0 Å². The molecule has 6 heteroatoms. The van der Waals surface area contributed by atoms with E-state index in [1.54, 1.807) is 12.1 Å². The number of rotatable bonds is 5. The van der Waals surface area contributed by atoms with Gasteiger partial charge < -0.3 is 0 Å². The molecule has 2 aliphatic rings. The van der Waals surface area contributed by atoms with Gasteiger partial charge in [0.1, 0.15) is 0 Å². The molecule has 0 bridgehead atoms. The van der Waals surface area contributed by atoms with Gasteiger partial charge in [-0.2, -0.15) is 0 Å². The van der Waals surface area contributed by atoms with Gasteiger partial charge in [0.15, 0.2) is 0 Å². The van der Waals surface area contributed by atoms with Crippen molar-refractivity contribution in [2.75, 3.05) is 6.54 Å². The van der Waals surface area contributed by atoms with Gasteiger partial charge in [-0.15, -0.1) is 0 Å². The van der Waals surface area contributed by atoms with Gasteiger partial charge >= 0.3 is 0 Å². The smallest absolute Gasteiger partial charge is 0.269 e. The number of carbonyl (C=O) groups excluding carboxylic acids is 2. The van der Waals surface area contributed by atoms with Crippen LogP contribution in [0.25, 0.3) is 0 Å². The first-order chi connectivity index (χ1) is 10.0. The summed E-state index contributed by atoms with van der Waals surface area (Å²) in [7, 11) is 0. The van der Waals surface area contributed by atoms with Crippen LogP contribution in [0.4, 0.5) is 5.69 Å². The highest BCUT2D eigenvalue weighted by molar-refractivity contribution is 6.15. The van der Waals surface area contributed by atoms with Crippen molar-refractivity contribution in [1.82, 2.24) is 4.90 Å². The normalized spacial score (nSPS) is 26.9. The highest BCUT2D eigenvalue weighted by Crippen LogP contribution is 2.60. The maximum absolute atomic E-state index is 12.6. The Morgan fingerprint density at radius 2 is 2.00 bits per heavy atom. The van der Waals surface area contributed by atoms with Crippen LogP contribution in [-0.2, 0) is 15.0 Å². The standard InChI is InChI=1S/C15H16N2O4/c1-2-3-8-16-13(18)12-9-15(12,14(16)19)10-4-6-11(7-5-10)17(20)21/h4-7,12H,2-3,8-9H2,1H3. The number of imide groups is 1. The van der Waals surface area contributed by atoms with E-state index in [0.717, 1.165) is 18.4 Å². The van der Waals surface area contributed by atoms with Crippen molar-refractivity contribution in [2.45, 2.75) is 31.6 Å². The van der Waals surface area contributed by atoms with Crippen molar-refractivity contribution < 1.29 is 14.5 Å². The molecular weight excluding hydrogens is 272 g/mol. The topological polar surface area (TPSA) is 80.5 Å². The van der Waals surface area contributed by atoms with Crippen molar-refractivity contribution in [3.8, 4) is 0 Å². The second-order valence-corrected chi connectivity index (χ2v) is 5.68. The molecule has 1 heterocycles. The van der Waals surface area contributed by atoms with Crippen LogP contribution in [0.5, 0.6) is 0 Å². The van der Waals surface area contributed by atoms with Crippen LogP contribution in [0.1, 0.15) is 31.7 Å². The van der Waals surface area contributed by atoms with Crippen LogP contribution in [0.3, 0.4) is 0 Å². The molecular formula is C15H16N2O4. The van der Waals surface area contributed by atoms with Gasteiger partial charge in [0.05, 0.1) is 16.3 Å². The largest absolute Gasteiger partial charge is 0.282 e. The number of piperidine rings is 1. The number of likely N-dealkylation sites (tertiary alicyclic amines) is 1. The van der Waals surface area contributed by atoms with Gasteiger partial charge in [-0.3, -0.25) is 24.6 Å². The Morgan fingerprint density at radius 3 is 2.57 bits per heavy atom. The Hall–Kier alpha value is -2.24. The van der Waals surface area contributed by atoms with E-state index in [-0.39, 0.29) is 23.4 Å². The molecule has 1 aliphatic carbocycles. The van der Waals surface area contributed by atoms with E-state index in [0.29, 0.717) is 13.0 Å². The molecule has 1 saturated carbocycles. The van der Waals surface area contributed by atoms with E-state index in [1.807, 2.05) is 6.92 Å². The molecule has 2 amide bonds. The number of nitro groups is 1. The number of carbonyl (C=O) groups is 2. The summed E-state index contributed by atoms with van der Waals surface area (Å²) in [5, 5.41) is 10.7. The third-order valence-electron chi connectivity index (χ3n) is 4.48. The van der Waals surface area contributed by atoms with Crippen molar-refractivity contribution >= 4 is 17.5 Å². The molecule has 3 rings (SSSR count). The molecule has 2 fully saturated rings. The fourth-order valence-electron chi connectivity index (χ4n) is 3.18. The maximum Gasteiger partial charge on any atom is 0.269 e. The minimum absolute atomic E-state index is 0.00744. The highest BCUT2D eigenvalue weighted by atomic mass is 16.6. The molecule has 0 N–H and O–H groups in total. The third-order valence-corrected chi connectivity index (χ3v) is 4.48. The number of unbranched alkanes of at least 4 members (excludes halogenated alkanes) is 1. The van der Waals surface area contributed by atoms with Gasteiger partial charge in [0.25, 0.3) is 5.69 Å². The molecule has 2 unspecified atom stereocenters. The van der Waals surface area contributed by atoms with Crippen LogP contribution in [-0.4, -0.2) is 28.2 Å². The third kappa shape index (κ3) is 1.86. The van der Waals surface area contributed by atoms with E-state index >= 15 is 0 Å². The van der Waals surface area contributed by atoms with Crippen molar-refractivity contribution in [1.29, 1.82) is 0 Å². The Morgan fingerprint density at radius 1 is 1.33 bits per heavy atom. The summed E-state index contributed by atoms with van der Waals surface area (Å²) in [6, 6.07) is 6.00. The predicted molar refractivity (Wildman–Crippen MR) is 74.5 cm³/mol. The summed E-state index contributed by atoms with van der Waals surface area (Å²) >= 11 is 0. The second-order valence-electron chi connectivity index (χ2n) is 5.68. The summed E-state index contributed by atoms with van der Waals surface area (Å²) < 4.78 is 0. The van der Waals surface area contributed by atoms with Crippen LogP contribution < -0.4 is 0 Å². The van der Waals surface area contributed by atoms with Gasteiger partial charge in [0.2, 0.25) is 11.8 Å². The number of amides is 2. The summed E-state index contributed by atoms with van der Waals surface area (Å²) in [4.78, 5) is 36.4. The Bertz CT molecular complexity index is 625. The first-order valence-electron chi connectivity index (χ1n) is 7.13. The molecule has 1 aromatic carbocycles. The Kier molecular flexibility index (Phi) is 3.04. The number of nitrogens with zero attached hydrogens (tertiary/aromatic N) is 2. The summed E-state index contributed by atoms with van der Waals surface area (Å²) in [6.45, 7) is 2.48. The lowest BCUT2D eigenvalue weighted by molar-refractivity contribution is -0.384. The average Bonchev–Trinajstić information content (AvgIpc) is 3.19. The molecule has 0 radical (unpaired) electrons. The minimum Gasteiger partial charge on any atom is -0.282 e. The summed E-state index contributed by atoms with van der Waals surface area (Å²) in [5.41, 5.74) is -0.0395. The van der Waals surface area contributed by atoms with Gasteiger partial charge in [-0.25, -0.2) is 0 Å². The molecule has 6 nitrogen and oxygen atoms in total.